The van der Waals surface area contributed by atoms with Crippen molar-refractivity contribution in [3.63, 3.8) is 0 Å². The summed E-state index contributed by atoms with van der Waals surface area (Å²) in [5.74, 6) is 0.485. The number of anilines is 1. The van der Waals surface area contributed by atoms with E-state index in [1.807, 2.05) is 6.07 Å². The van der Waals surface area contributed by atoms with E-state index >= 15 is 0 Å². The third kappa shape index (κ3) is 2.58. The topological polar surface area (TPSA) is 95.8 Å². The van der Waals surface area contributed by atoms with Crippen LogP contribution in [-0.2, 0) is 0 Å². The molecule has 3 rings (SSSR count). The normalized spacial score (nSPS) is 10.1. The zero-order valence-electron chi connectivity index (χ0n) is 11.6. The molecule has 0 saturated heterocycles. The molecule has 0 atom stereocenters. The van der Waals surface area contributed by atoms with Crippen LogP contribution < -0.4 is 5.73 Å². The van der Waals surface area contributed by atoms with Crippen molar-refractivity contribution in [1.29, 1.82) is 5.26 Å². The summed E-state index contributed by atoms with van der Waals surface area (Å²) in [5.41, 5.74) is 9.20. The van der Waals surface area contributed by atoms with Crippen molar-refractivity contribution in [3.8, 4) is 34.3 Å². The predicted molar refractivity (Wildman–Crippen MR) is 83.7 cm³/mol. The van der Waals surface area contributed by atoms with E-state index in [0.717, 1.165) is 11.1 Å². The molecule has 1 aromatic heterocycles. The van der Waals surface area contributed by atoms with Crippen LogP contribution in [-0.4, -0.2) is 15.1 Å². The van der Waals surface area contributed by atoms with Crippen molar-refractivity contribution >= 4 is 5.82 Å². The number of phenols is 1. The Morgan fingerprint density at radius 2 is 1.82 bits per heavy atom. The van der Waals surface area contributed by atoms with Crippen molar-refractivity contribution in [2.24, 2.45) is 0 Å². The Bertz CT molecular complexity index is 867. The Balaban J connectivity index is 2.10. The quantitative estimate of drug-likeness (QED) is 0.755. The van der Waals surface area contributed by atoms with Gasteiger partial charge in [0.05, 0.1) is 23.5 Å². The number of hydrogen-bond donors (Lipinski definition) is 2. The maximum absolute atomic E-state index is 9.37. The standard InChI is InChI=1S/C17H12N4O/c18-9-11-2-1-3-13(8-11)15-10-20-17(19)16(21-15)12-4-6-14(22)7-5-12/h1-8,10,22H,(H2,19,20). The first-order valence-corrected chi connectivity index (χ1v) is 6.60. The molecule has 0 unspecified atom stereocenters. The maximum Gasteiger partial charge on any atom is 0.150 e. The lowest BCUT2D eigenvalue weighted by molar-refractivity contribution is 0.475. The van der Waals surface area contributed by atoms with Crippen LogP contribution in [0.4, 0.5) is 5.82 Å². The zero-order chi connectivity index (χ0) is 15.5. The van der Waals surface area contributed by atoms with Gasteiger partial charge in [-0.05, 0) is 36.4 Å². The lowest BCUT2D eigenvalue weighted by Crippen LogP contribution is -1.99. The molecule has 0 amide bonds. The molecule has 106 valence electrons. The van der Waals surface area contributed by atoms with Gasteiger partial charge < -0.3 is 10.8 Å². The van der Waals surface area contributed by atoms with Gasteiger partial charge in [-0.1, -0.05) is 12.1 Å². The van der Waals surface area contributed by atoms with E-state index in [4.69, 9.17) is 11.0 Å². The number of nitrogen functional groups attached to an aromatic ring is 1. The first kappa shape index (κ1) is 13.6. The van der Waals surface area contributed by atoms with Crippen molar-refractivity contribution in [3.05, 3.63) is 60.3 Å². The molecule has 5 nitrogen and oxygen atoms in total. The average Bonchev–Trinajstić information content (AvgIpc) is 2.56. The minimum absolute atomic E-state index is 0.174. The molecule has 0 bridgehead atoms. The van der Waals surface area contributed by atoms with E-state index in [2.05, 4.69) is 16.0 Å². The van der Waals surface area contributed by atoms with Gasteiger partial charge in [0.1, 0.15) is 17.3 Å². The molecular formula is C17H12N4O. The van der Waals surface area contributed by atoms with Gasteiger partial charge in [-0.2, -0.15) is 5.26 Å². The minimum atomic E-state index is 0.174. The molecule has 0 fully saturated rings. The van der Waals surface area contributed by atoms with Crippen molar-refractivity contribution in [2.75, 3.05) is 5.73 Å². The highest BCUT2D eigenvalue weighted by atomic mass is 16.3. The van der Waals surface area contributed by atoms with E-state index in [0.29, 0.717) is 22.8 Å². The molecule has 0 spiro atoms. The summed E-state index contributed by atoms with van der Waals surface area (Å²) in [6.45, 7) is 0. The van der Waals surface area contributed by atoms with E-state index in [1.165, 1.54) is 0 Å². The van der Waals surface area contributed by atoms with Gasteiger partial charge in [0.25, 0.3) is 0 Å². The summed E-state index contributed by atoms with van der Waals surface area (Å²) in [6, 6.07) is 15.8. The Labute approximate surface area is 127 Å². The first-order valence-electron chi connectivity index (χ1n) is 6.60. The Kier molecular flexibility index (Phi) is 3.42. The predicted octanol–water partition coefficient (Wildman–Crippen LogP) is 2.97. The monoisotopic (exact) mass is 288 g/mol. The number of hydrogen-bond acceptors (Lipinski definition) is 5. The lowest BCUT2D eigenvalue weighted by Gasteiger charge is -2.08. The van der Waals surface area contributed by atoms with Crippen molar-refractivity contribution in [1.82, 2.24) is 9.97 Å². The number of benzene rings is 2. The first-order chi connectivity index (χ1) is 10.7. The number of aromatic nitrogens is 2. The van der Waals surface area contributed by atoms with Gasteiger partial charge in [-0.25, -0.2) is 9.97 Å². The third-order valence-electron chi connectivity index (χ3n) is 3.23. The number of nitriles is 1. The second-order valence-corrected chi connectivity index (χ2v) is 4.73. The number of nitrogens with two attached hydrogens (primary N) is 1. The highest BCUT2D eigenvalue weighted by Gasteiger charge is 2.09. The molecule has 5 heteroatoms. The van der Waals surface area contributed by atoms with E-state index < -0.39 is 0 Å². The van der Waals surface area contributed by atoms with Gasteiger partial charge in [0.15, 0.2) is 0 Å². The molecule has 1 heterocycles. The second kappa shape index (κ2) is 5.54. The highest BCUT2D eigenvalue weighted by Crippen LogP contribution is 2.27. The van der Waals surface area contributed by atoms with Crippen LogP contribution in [0.1, 0.15) is 5.56 Å². The van der Waals surface area contributed by atoms with Crippen LogP contribution in [0.2, 0.25) is 0 Å². The number of phenolic OH excluding ortho intramolecular Hbond substituents is 1. The molecular weight excluding hydrogens is 276 g/mol. The fraction of sp³-hybridized carbons (Fsp3) is 0. The summed E-state index contributed by atoms with van der Waals surface area (Å²) >= 11 is 0. The van der Waals surface area contributed by atoms with Crippen LogP contribution in [0.15, 0.2) is 54.7 Å². The summed E-state index contributed by atoms with van der Waals surface area (Å²) in [6.07, 6.45) is 1.58. The maximum atomic E-state index is 9.37. The molecule has 22 heavy (non-hydrogen) atoms. The molecule has 0 aliphatic heterocycles. The third-order valence-corrected chi connectivity index (χ3v) is 3.23. The SMILES string of the molecule is N#Cc1cccc(-c2cnc(N)c(-c3ccc(O)cc3)n2)c1. The molecule has 0 aliphatic carbocycles. The summed E-state index contributed by atoms with van der Waals surface area (Å²) < 4.78 is 0. The fourth-order valence-electron chi connectivity index (χ4n) is 2.12. The summed E-state index contributed by atoms with van der Waals surface area (Å²) in [4.78, 5) is 8.72. The second-order valence-electron chi connectivity index (χ2n) is 4.73. The molecule has 0 saturated carbocycles. The van der Waals surface area contributed by atoms with Gasteiger partial charge >= 0.3 is 0 Å². The number of rotatable bonds is 2. The molecule has 0 radical (unpaired) electrons. The van der Waals surface area contributed by atoms with Gasteiger partial charge in [-0.15, -0.1) is 0 Å². The smallest absolute Gasteiger partial charge is 0.150 e. The van der Waals surface area contributed by atoms with Crippen LogP contribution in [0.5, 0.6) is 5.75 Å². The number of nitrogens with zero attached hydrogens (tertiary/aromatic N) is 3. The van der Waals surface area contributed by atoms with E-state index in [-0.39, 0.29) is 5.75 Å². The van der Waals surface area contributed by atoms with Crippen LogP contribution in [0, 0.1) is 11.3 Å². The number of aromatic hydroxyl groups is 1. The summed E-state index contributed by atoms with van der Waals surface area (Å²) in [7, 11) is 0. The van der Waals surface area contributed by atoms with Gasteiger partial charge in [-0.3, -0.25) is 0 Å². The summed E-state index contributed by atoms with van der Waals surface area (Å²) in [5, 5.41) is 18.3. The van der Waals surface area contributed by atoms with E-state index in [9.17, 15) is 5.11 Å². The van der Waals surface area contributed by atoms with E-state index in [1.54, 1.807) is 48.7 Å². The average molecular weight is 288 g/mol. The molecule has 0 aliphatic rings. The molecule has 2 aromatic carbocycles. The molecule has 3 aromatic rings. The van der Waals surface area contributed by atoms with Crippen LogP contribution in [0.25, 0.3) is 22.5 Å². The van der Waals surface area contributed by atoms with Crippen LogP contribution >= 0.6 is 0 Å². The van der Waals surface area contributed by atoms with Crippen molar-refractivity contribution in [2.45, 2.75) is 0 Å². The van der Waals surface area contributed by atoms with Gasteiger partial charge in [0.2, 0.25) is 0 Å². The largest absolute Gasteiger partial charge is 0.508 e. The fourth-order valence-corrected chi connectivity index (χ4v) is 2.12. The molecule has 3 N–H and O–H groups in total. The minimum Gasteiger partial charge on any atom is -0.508 e. The lowest BCUT2D eigenvalue weighted by atomic mass is 10.1. The highest BCUT2D eigenvalue weighted by molar-refractivity contribution is 5.73. The Morgan fingerprint density at radius 3 is 2.55 bits per heavy atom. The van der Waals surface area contributed by atoms with Crippen molar-refractivity contribution < 1.29 is 5.11 Å². The zero-order valence-corrected chi connectivity index (χ0v) is 11.6. The van der Waals surface area contributed by atoms with Crippen LogP contribution in [0.3, 0.4) is 0 Å². The Morgan fingerprint density at radius 1 is 1.05 bits per heavy atom. The Hall–Kier alpha value is -3.39. The van der Waals surface area contributed by atoms with Gasteiger partial charge in [0, 0.05) is 11.1 Å².